The molecule has 122 valence electrons. The Morgan fingerprint density at radius 2 is 2.14 bits per heavy atom. The molecule has 0 spiro atoms. The molecule has 4 heteroatoms. The third-order valence-corrected chi connectivity index (χ3v) is 4.25. The SMILES string of the molecule is CCC(=O)NC1CC(C)(C)Oc2ccc(C(N)C(C)C)cc21. The number of amides is 1. The lowest BCUT2D eigenvalue weighted by Crippen LogP contribution is -2.41. The molecule has 2 atom stereocenters. The van der Waals surface area contributed by atoms with Crippen LogP contribution in [0.3, 0.4) is 0 Å². The molecule has 2 rings (SSSR count). The number of fused-ring (bicyclic) bond motifs is 1. The summed E-state index contributed by atoms with van der Waals surface area (Å²) in [5.74, 6) is 1.27. The summed E-state index contributed by atoms with van der Waals surface area (Å²) in [5, 5.41) is 3.12. The van der Waals surface area contributed by atoms with Gasteiger partial charge in [-0.05, 0) is 37.5 Å². The third kappa shape index (κ3) is 3.61. The maximum absolute atomic E-state index is 11.9. The summed E-state index contributed by atoms with van der Waals surface area (Å²) >= 11 is 0. The average molecular weight is 304 g/mol. The molecule has 1 aromatic carbocycles. The molecule has 0 aliphatic carbocycles. The van der Waals surface area contributed by atoms with Crippen molar-refractivity contribution in [3.63, 3.8) is 0 Å². The number of nitrogens with one attached hydrogen (secondary N) is 1. The molecule has 0 aromatic heterocycles. The van der Waals surface area contributed by atoms with Crippen LogP contribution < -0.4 is 15.8 Å². The van der Waals surface area contributed by atoms with Crippen LogP contribution in [-0.4, -0.2) is 11.5 Å². The van der Waals surface area contributed by atoms with Crippen molar-refractivity contribution in [1.29, 1.82) is 0 Å². The molecule has 2 unspecified atom stereocenters. The summed E-state index contributed by atoms with van der Waals surface area (Å²) in [4.78, 5) is 11.9. The molecular formula is C18H28N2O2. The van der Waals surface area contributed by atoms with Crippen molar-refractivity contribution < 1.29 is 9.53 Å². The van der Waals surface area contributed by atoms with Gasteiger partial charge in [0.05, 0.1) is 6.04 Å². The average Bonchev–Trinajstić information content (AvgIpc) is 2.44. The molecule has 4 nitrogen and oxygen atoms in total. The third-order valence-electron chi connectivity index (χ3n) is 4.25. The van der Waals surface area contributed by atoms with Crippen LogP contribution in [0.1, 0.15) is 70.7 Å². The van der Waals surface area contributed by atoms with E-state index in [2.05, 4.69) is 39.1 Å². The van der Waals surface area contributed by atoms with Crippen molar-refractivity contribution >= 4 is 5.91 Å². The Kier molecular flexibility index (Phi) is 4.81. The Hall–Kier alpha value is -1.55. The Morgan fingerprint density at radius 3 is 2.73 bits per heavy atom. The predicted octanol–water partition coefficient (Wildman–Crippen LogP) is 3.47. The lowest BCUT2D eigenvalue weighted by molar-refractivity contribution is -0.122. The van der Waals surface area contributed by atoms with Crippen molar-refractivity contribution in [1.82, 2.24) is 5.32 Å². The Bertz CT molecular complexity index is 552. The van der Waals surface area contributed by atoms with E-state index < -0.39 is 0 Å². The summed E-state index contributed by atoms with van der Waals surface area (Å²) in [6, 6.07) is 6.08. The minimum Gasteiger partial charge on any atom is -0.487 e. The van der Waals surface area contributed by atoms with E-state index in [-0.39, 0.29) is 23.6 Å². The molecular weight excluding hydrogens is 276 g/mol. The molecule has 1 aromatic rings. The fourth-order valence-corrected chi connectivity index (χ4v) is 2.89. The first-order valence-corrected chi connectivity index (χ1v) is 8.11. The van der Waals surface area contributed by atoms with E-state index >= 15 is 0 Å². The van der Waals surface area contributed by atoms with Crippen LogP contribution in [-0.2, 0) is 4.79 Å². The molecule has 1 aliphatic rings. The van der Waals surface area contributed by atoms with Gasteiger partial charge in [0.2, 0.25) is 5.91 Å². The second-order valence-electron chi connectivity index (χ2n) is 7.11. The fourth-order valence-electron chi connectivity index (χ4n) is 2.89. The van der Waals surface area contributed by atoms with E-state index in [0.717, 1.165) is 23.3 Å². The smallest absolute Gasteiger partial charge is 0.220 e. The van der Waals surface area contributed by atoms with Gasteiger partial charge in [-0.15, -0.1) is 0 Å². The number of rotatable bonds is 4. The van der Waals surface area contributed by atoms with Crippen molar-refractivity contribution in [2.24, 2.45) is 11.7 Å². The highest BCUT2D eigenvalue weighted by molar-refractivity contribution is 5.76. The quantitative estimate of drug-likeness (QED) is 0.895. The van der Waals surface area contributed by atoms with Crippen LogP contribution in [0, 0.1) is 5.92 Å². The van der Waals surface area contributed by atoms with Gasteiger partial charge in [-0.3, -0.25) is 4.79 Å². The topological polar surface area (TPSA) is 64.3 Å². The lowest BCUT2D eigenvalue weighted by atomic mass is 9.87. The van der Waals surface area contributed by atoms with Gasteiger partial charge in [0.15, 0.2) is 0 Å². The van der Waals surface area contributed by atoms with Crippen LogP contribution >= 0.6 is 0 Å². The Morgan fingerprint density at radius 1 is 1.45 bits per heavy atom. The van der Waals surface area contributed by atoms with Crippen LogP contribution in [0.25, 0.3) is 0 Å². The summed E-state index contributed by atoms with van der Waals surface area (Å²) in [5.41, 5.74) is 8.10. The van der Waals surface area contributed by atoms with Gasteiger partial charge in [-0.2, -0.15) is 0 Å². The van der Waals surface area contributed by atoms with Gasteiger partial charge >= 0.3 is 0 Å². The largest absolute Gasteiger partial charge is 0.487 e. The van der Waals surface area contributed by atoms with Gasteiger partial charge in [-0.1, -0.05) is 26.8 Å². The number of nitrogens with two attached hydrogens (primary N) is 1. The van der Waals surface area contributed by atoms with Gasteiger partial charge in [0.25, 0.3) is 0 Å². The lowest BCUT2D eigenvalue weighted by Gasteiger charge is -2.38. The summed E-state index contributed by atoms with van der Waals surface area (Å²) in [6.07, 6.45) is 1.24. The van der Waals surface area contributed by atoms with Crippen molar-refractivity contribution in [3.05, 3.63) is 29.3 Å². The van der Waals surface area contributed by atoms with E-state index in [1.807, 2.05) is 19.1 Å². The van der Waals surface area contributed by atoms with Gasteiger partial charge in [0.1, 0.15) is 11.4 Å². The van der Waals surface area contributed by atoms with Crippen LogP contribution in [0.15, 0.2) is 18.2 Å². The molecule has 1 heterocycles. The van der Waals surface area contributed by atoms with Crippen molar-refractivity contribution in [3.8, 4) is 5.75 Å². The number of benzene rings is 1. The normalized spacial score (nSPS) is 21.0. The summed E-state index contributed by atoms with van der Waals surface area (Å²) in [7, 11) is 0. The van der Waals surface area contributed by atoms with Crippen LogP contribution in [0.4, 0.5) is 0 Å². The zero-order chi connectivity index (χ0) is 16.5. The molecule has 0 saturated heterocycles. The van der Waals surface area contributed by atoms with Gasteiger partial charge in [0, 0.05) is 24.4 Å². The molecule has 3 N–H and O–H groups in total. The van der Waals surface area contributed by atoms with E-state index in [9.17, 15) is 4.79 Å². The number of hydrogen-bond acceptors (Lipinski definition) is 3. The molecule has 0 fully saturated rings. The van der Waals surface area contributed by atoms with Crippen molar-refractivity contribution in [2.45, 2.75) is 65.1 Å². The number of ether oxygens (including phenoxy) is 1. The summed E-state index contributed by atoms with van der Waals surface area (Å²) in [6.45, 7) is 10.2. The molecule has 22 heavy (non-hydrogen) atoms. The number of hydrogen-bond donors (Lipinski definition) is 2. The second kappa shape index (κ2) is 6.29. The maximum atomic E-state index is 11.9. The first kappa shape index (κ1) is 16.8. The maximum Gasteiger partial charge on any atom is 0.220 e. The number of carbonyl (C=O) groups excluding carboxylic acids is 1. The van der Waals surface area contributed by atoms with Gasteiger partial charge < -0.3 is 15.8 Å². The second-order valence-corrected chi connectivity index (χ2v) is 7.11. The monoisotopic (exact) mass is 304 g/mol. The molecule has 0 saturated carbocycles. The zero-order valence-electron chi connectivity index (χ0n) is 14.3. The minimum atomic E-state index is -0.291. The first-order valence-electron chi connectivity index (χ1n) is 8.11. The number of carbonyl (C=O) groups is 1. The highest BCUT2D eigenvalue weighted by atomic mass is 16.5. The highest BCUT2D eigenvalue weighted by Gasteiger charge is 2.34. The standard InChI is InChI=1S/C18H28N2O2/c1-6-16(21)20-14-10-18(4,5)22-15-8-7-12(9-13(14)15)17(19)11(2)3/h7-9,11,14,17H,6,10,19H2,1-5H3,(H,20,21). The molecule has 1 amide bonds. The Labute approximate surface area is 133 Å². The van der Waals surface area contributed by atoms with Crippen molar-refractivity contribution in [2.75, 3.05) is 0 Å². The first-order chi connectivity index (χ1) is 10.2. The zero-order valence-corrected chi connectivity index (χ0v) is 14.3. The van der Waals surface area contributed by atoms with E-state index in [1.165, 1.54) is 0 Å². The molecule has 0 bridgehead atoms. The highest BCUT2D eigenvalue weighted by Crippen LogP contribution is 2.40. The summed E-state index contributed by atoms with van der Waals surface area (Å²) < 4.78 is 6.07. The molecule has 1 aliphatic heterocycles. The minimum absolute atomic E-state index is 0.0113. The molecule has 0 radical (unpaired) electrons. The van der Waals surface area contributed by atoms with E-state index in [4.69, 9.17) is 10.5 Å². The van der Waals surface area contributed by atoms with Gasteiger partial charge in [-0.25, -0.2) is 0 Å². The Balaban J connectivity index is 2.38. The fraction of sp³-hybridized carbons (Fsp3) is 0.611. The van der Waals surface area contributed by atoms with E-state index in [1.54, 1.807) is 0 Å². The van der Waals surface area contributed by atoms with E-state index in [0.29, 0.717) is 12.3 Å². The van der Waals surface area contributed by atoms with Crippen LogP contribution in [0.2, 0.25) is 0 Å². The predicted molar refractivity (Wildman–Crippen MR) is 88.7 cm³/mol. The van der Waals surface area contributed by atoms with Crippen LogP contribution in [0.5, 0.6) is 5.75 Å².